The summed E-state index contributed by atoms with van der Waals surface area (Å²) in [5, 5.41) is 29.1. The average molecular weight is 286 g/mol. The highest BCUT2D eigenvalue weighted by Crippen LogP contribution is 2.32. The molecule has 0 spiro atoms. The zero-order valence-corrected chi connectivity index (χ0v) is 10.5. The van der Waals surface area contributed by atoms with Crippen LogP contribution in [0.5, 0.6) is 0 Å². The first kappa shape index (κ1) is 12.8. The zero-order valence-electron chi connectivity index (χ0n) is 9.72. The van der Waals surface area contributed by atoms with Crippen molar-refractivity contribution >= 4 is 22.6 Å². The van der Waals surface area contributed by atoms with E-state index in [0.717, 1.165) is 0 Å². The van der Waals surface area contributed by atoms with E-state index in [-0.39, 0.29) is 11.8 Å². The minimum atomic E-state index is -1.15. The molecule has 1 aliphatic heterocycles. The monoisotopic (exact) mass is 285 g/mol. The molecule has 0 saturated carbocycles. The predicted octanol–water partition coefficient (Wildman–Crippen LogP) is -0.304. The largest absolute Gasteiger partial charge is 0.394 e. The van der Waals surface area contributed by atoms with E-state index in [2.05, 4.69) is 9.97 Å². The maximum Gasteiger partial charge on any atom is 0.164 e. The summed E-state index contributed by atoms with van der Waals surface area (Å²) >= 11 is 5.92. The topological polar surface area (TPSA) is 101 Å². The Balaban J connectivity index is 2.04. The van der Waals surface area contributed by atoms with Gasteiger partial charge in [-0.2, -0.15) is 0 Å². The van der Waals surface area contributed by atoms with Crippen LogP contribution in [0.3, 0.4) is 0 Å². The number of hydrogen-bond acceptors (Lipinski definition) is 6. The maximum absolute atomic E-state index is 9.98. The minimum Gasteiger partial charge on any atom is -0.394 e. The third kappa shape index (κ3) is 1.90. The smallest absolute Gasteiger partial charge is 0.164 e. The van der Waals surface area contributed by atoms with Crippen molar-refractivity contribution in [3.05, 3.63) is 23.7 Å². The summed E-state index contributed by atoms with van der Waals surface area (Å²) in [5.41, 5.74) is 1.12. The van der Waals surface area contributed by atoms with Gasteiger partial charge < -0.3 is 24.6 Å². The van der Waals surface area contributed by atoms with Crippen molar-refractivity contribution in [3.8, 4) is 0 Å². The molecule has 0 unspecified atom stereocenters. The van der Waals surface area contributed by atoms with Crippen molar-refractivity contribution in [2.24, 2.45) is 0 Å². The highest BCUT2D eigenvalue weighted by Gasteiger charge is 2.43. The van der Waals surface area contributed by atoms with Crippen molar-refractivity contribution in [2.75, 3.05) is 6.61 Å². The summed E-state index contributed by atoms with van der Waals surface area (Å²) in [6.07, 6.45) is -0.973. The summed E-state index contributed by atoms with van der Waals surface area (Å²) in [6.45, 7) is -0.371. The summed E-state index contributed by atoms with van der Waals surface area (Å²) in [7, 11) is 0. The number of ether oxygens (including phenoxy) is 1. The van der Waals surface area contributed by atoms with Gasteiger partial charge in [0.05, 0.1) is 18.5 Å². The number of aliphatic hydroxyl groups is 3. The van der Waals surface area contributed by atoms with Crippen LogP contribution in [-0.2, 0) is 4.74 Å². The quantitative estimate of drug-likeness (QED) is 0.655. The Morgan fingerprint density at radius 2 is 2.11 bits per heavy atom. The molecule has 0 radical (unpaired) electrons. The van der Waals surface area contributed by atoms with E-state index >= 15 is 0 Å². The Hall–Kier alpha value is -1.25. The van der Waals surface area contributed by atoms with Crippen LogP contribution < -0.4 is 0 Å². The van der Waals surface area contributed by atoms with Crippen LogP contribution >= 0.6 is 11.6 Å². The lowest BCUT2D eigenvalue weighted by molar-refractivity contribution is -0.0508. The second-order valence-electron chi connectivity index (χ2n) is 4.35. The molecule has 0 amide bonds. The fourth-order valence-corrected chi connectivity index (χ4v) is 2.44. The van der Waals surface area contributed by atoms with Gasteiger partial charge >= 0.3 is 0 Å². The number of aliphatic hydroxyl groups excluding tert-OH is 3. The molecule has 3 rings (SSSR count). The molecule has 3 N–H and O–H groups in total. The van der Waals surface area contributed by atoms with Crippen LogP contribution in [0.2, 0.25) is 5.15 Å². The van der Waals surface area contributed by atoms with Gasteiger partial charge in [0.25, 0.3) is 0 Å². The molecule has 7 nitrogen and oxygen atoms in total. The molecule has 19 heavy (non-hydrogen) atoms. The number of halogens is 1. The standard InChI is InChI=1S/C11H12ClN3O4/c12-10-7-5(1-2-13-10)15(4-14-7)11-9(18)8(17)6(3-16)19-11/h1-2,4,6,8-9,11,16-18H,3H2/t6-,8-,9-,11-/m1/s1. The first-order valence-corrected chi connectivity index (χ1v) is 6.10. The number of fused-ring (bicyclic) bond motifs is 1. The van der Waals surface area contributed by atoms with Gasteiger partial charge in [-0.1, -0.05) is 11.6 Å². The van der Waals surface area contributed by atoms with Gasteiger partial charge in [-0.25, -0.2) is 9.97 Å². The lowest BCUT2D eigenvalue weighted by Gasteiger charge is -2.16. The summed E-state index contributed by atoms with van der Waals surface area (Å²) in [4.78, 5) is 8.02. The van der Waals surface area contributed by atoms with Crippen LogP contribution in [0.15, 0.2) is 18.6 Å². The van der Waals surface area contributed by atoms with Gasteiger partial charge in [-0.05, 0) is 6.07 Å². The molecule has 1 aliphatic rings. The third-order valence-corrected chi connectivity index (χ3v) is 3.52. The molecule has 102 valence electrons. The fourth-order valence-electron chi connectivity index (χ4n) is 2.24. The Bertz CT molecular complexity index is 605. The van der Waals surface area contributed by atoms with Crippen LogP contribution in [0, 0.1) is 0 Å². The van der Waals surface area contributed by atoms with E-state index in [1.807, 2.05) is 0 Å². The van der Waals surface area contributed by atoms with Gasteiger partial charge in [0.2, 0.25) is 0 Å². The van der Waals surface area contributed by atoms with E-state index < -0.39 is 24.5 Å². The molecule has 8 heteroatoms. The maximum atomic E-state index is 9.98. The van der Waals surface area contributed by atoms with Gasteiger partial charge in [-0.3, -0.25) is 0 Å². The second-order valence-corrected chi connectivity index (χ2v) is 4.71. The molecule has 2 aromatic heterocycles. The molecular formula is C11H12ClN3O4. The Morgan fingerprint density at radius 1 is 1.32 bits per heavy atom. The van der Waals surface area contributed by atoms with Crippen molar-refractivity contribution < 1.29 is 20.1 Å². The number of hydrogen-bond donors (Lipinski definition) is 3. The highest BCUT2D eigenvalue weighted by atomic mass is 35.5. The Labute approximate surface area is 113 Å². The molecule has 0 aliphatic carbocycles. The van der Waals surface area contributed by atoms with E-state index in [1.165, 1.54) is 12.5 Å². The SMILES string of the molecule is OC[C@H]1O[C@@H](n2cnc3c(Cl)nccc32)[C@H](O)[C@@H]1O. The molecule has 0 aromatic carbocycles. The summed E-state index contributed by atoms with van der Waals surface area (Å²) < 4.78 is 7.00. The van der Waals surface area contributed by atoms with Crippen molar-refractivity contribution in [3.63, 3.8) is 0 Å². The highest BCUT2D eigenvalue weighted by molar-refractivity contribution is 6.33. The first-order chi connectivity index (χ1) is 9.13. The molecule has 3 heterocycles. The van der Waals surface area contributed by atoms with E-state index in [0.29, 0.717) is 11.0 Å². The fraction of sp³-hybridized carbons (Fsp3) is 0.455. The molecule has 4 atom stereocenters. The minimum absolute atomic E-state index is 0.253. The molecular weight excluding hydrogens is 274 g/mol. The average Bonchev–Trinajstić information content (AvgIpc) is 2.94. The van der Waals surface area contributed by atoms with E-state index in [4.69, 9.17) is 21.4 Å². The van der Waals surface area contributed by atoms with Crippen molar-refractivity contribution in [1.82, 2.24) is 14.5 Å². The van der Waals surface area contributed by atoms with Crippen LogP contribution in [0.25, 0.3) is 11.0 Å². The van der Waals surface area contributed by atoms with Crippen molar-refractivity contribution in [1.29, 1.82) is 0 Å². The molecule has 2 aromatic rings. The number of aromatic nitrogens is 3. The molecule has 1 saturated heterocycles. The lowest BCUT2D eigenvalue weighted by atomic mass is 10.1. The lowest BCUT2D eigenvalue weighted by Crippen LogP contribution is -2.33. The molecule has 0 bridgehead atoms. The van der Waals surface area contributed by atoms with Gasteiger partial charge in [0, 0.05) is 6.20 Å². The Kier molecular flexibility index (Phi) is 3.15. The van der Waals surface area contributed by atoms with E-state index in [9.17, 15) is 10.2 Å². The van der Waals surface area contributed by atoms with Crippen molar-refractivity contribution in [2.45, 2.75) is 24.5 Å². The van der Waals surface area contributed by atoms with Crippen LogP contribution in [0.1, 0.15) is 6.23 Å². The number of imidazole rings is 1. The molecule has 1 fully saturated rings. The first-order valence-electron chi connectivity index (χ1n) is 5.73. The van der Waals surface area contributed by atoms with Crippen LogP contribution in [0.4, 0.5) is 0 Å². The predicted molar refractivity (Wildman–Crippen MR) is 65.5 cm³/mol. The van der Waals surface area contributed by atoms with Gasteiger partial charge in [0.1, 0.15) is 23.8 Å². The zero-order chi connectivity index (χ0) is 13.6. The van der Waals surface area contributed by atoms with Crippen LogP contribution in [-0.4, -0.2) is 54.8 Å². The summed E-state index contributed by atoms with van der Waals surface area (Å²) in [6, 6.07) is 1.68. The third-order valence-electron chi connectivity index (χ3n) is 3.24. The van der Waals surface area contributed by atoms with E-state index in [1.54, 1.807) is 10.6 Å². The second kappa shape index (κ2) is 4.69. The normalized spacial score (nSPS) is 31.2. The number of nitrogens with zero attached hydrogens (tertiary/aromatic N) is 3. The van der Waals surface area contributed by atoms with Gasteiger partial charge in [-0.15, -0.1) is 0 Å². The number of pyridine rings is 1. The van der Waals surface area contributed by atoms with Gasteiger partial charge in [0.15, 0.2) is 11.4 Å². The summed E-state index contributed by atoms with van der Waals surface area (Å²) in [5.74, 6) is 0. The number of rotatable bonds is 2. The Morgan fingerprint density at radius 3 is 2.79 bits per heavy atom.